The fraction of sp³-hybridized carbons (Fsp3) is 0.615. The second-order valence-corrected chi connectivity index (χ2v) is 7.26. The number of nitrogens with zero attached hydrogens (tertiary/aromatic N) is 1. The van der Waals surface area contributed by atoms with E-state index in [9.17, 15) is 13.2 Å². The van der Waals surface area contributed by atoms with Gasteiger partial charge in [0.2, 0.25) is 10.9 Å². The molecular weight excluding hydrogens is 282 g/mol. The van der Waals surface area contributed by atoms with E-state index in [0.717, 1.165) is 25.7 Å². The number of hydrogen-bond donors (Lipinski definition) is 1. The fourth-order valence-corrected chi connectivity index (χ4v) is 5.00. The number of hydrogen-bond acceptors (Lipinski definition) is 4. The van der Waals surface area contributed by atoms with Crippen LogP contribution < -0.4 is 0 Å². The van der Waals surface area contributed by atoms with Crippen LogP contribution in [0.15, 0.2) is 21.6 Å². The van der Waals surface area contributed by atoms with Crippen molar-refractivity contribution in [3.63, 3.8) is 0 Å². The maximum Gasteiger partial charge on any atom is 0.371 e. The molecule has 1 aromatic heterocycles. The predicted molar refractivity (Wildman–Crippen MR) is 69.9 cm³/mol. The molecule has 1 aliphatic heterocycles. The topological polar surface area (TPSA) is 87.8 Å². The minimum atomic E-state index is -3.72. The van der Waals surface area contributed by atoms with E-state index in [1.54, 1.807) is 0 Å². The molecule has 0 spiro atoms. The fourth-order valence-electron chi connectivity index (χ4n) is 3.35. The Morgan fingerprint density at radius 1 is 1.25 bits per heavy atom. The summed E-state index contributed by atoms with van der Waals surface area (Å²) in [4.78, 5) is 10.8. The summed E-state index contributed by atoms with van der Waals surface area (Å²) in [6, 6.07) is 2.46. The molecular formula is C13H17NO5S. The summed E-state index contributed by atoms with van der Waals surface area (Å²) in [6.07, 6.45) is 5.06. The normalized spacial score (nSPS) is 27.4. The van der Waals surface area contributed by atoms with Gasteiger partial charge in [-0.25, -0.2) is 13.2 Å². The SMILES string of the molecule is O=C(O)c1ccc(S(=O)(=O)N2CCC3CCCCC32)o1. The second-order valence-electron chi connectivity index (χ2n) is 5.44. The highest BCUT2D eigenvalue weighted by molar-refractivity contribution is 7.89. The first-order valence-electron chi connectivity index (χ1n) is 6.85. The van der Waals surface area contributed by atoms with Crippen molar-refractivity contribution < 1.29 is 22.7 Å². The molecule has 1 saturated carbocycles. The van der Waals surface area contributed by atoms with Crippen LogP contribution in [-0.2, 0) is 10.0 Å². The van der Waals surface area contributed by atoms with E-state index in [4.69, 9.17) is 9.52 Å². The Kier molecular flexibility index (Phi) is 3.33. The minimum absolute atomic E-state index is 0.0483. The third-order valence-corrected chi connectivity index (χ3v) is 6.11. The summed E-state index contributed by atoms with van der Waals surface area (Å²) in [7, 11) is -3.72. The summed E-state index contributed by atoms with van der Waals surface area (Å²) in [5.74, 6) is -1.17. The van der Waals surface area contributed by atoms with Crippen LogP contribution in [0.5, 0.6) is 0 Å². The number of sulfonamides is 1. The summed E-state index contributed by atoms with van der Waals surface area (Å²) in [5, 5.41) is 8.55. The van der Waals surface area contributed by atoms with E-state index in [1.165, 1.54) is 22.9 Å². The molecule has 110 valence electrons. The molecule has 20 heavy (non-hydrogen) atoms. The summed E-state index contributed by atoms with van der Waals surface area (Å²) in [6.45, 7) is 0.501. The quantitative estimate of drug-likeness (QED) is 0.921. The van der Waals surface area contributed by atoms with Crippen molar-refractivity contribution in [1.29, 1.82) is 0 Å². The number of rotatable bonds is 3. The molecule has 1 aliphatic carbocycles. The molecule has 2 aliphatic rings. The molecule has 1 saturated heterocycles. The van der Waals surface area contributed by atoms with Gasteiger partial charge in [0.15, 0.2) is 0 Å². The zero-order chi connectivity index (χ0) is 14.3. The van der Waals surface area contributed by atoms with E-state index in [2.05, 4.69) is 0 Å². The molecule has 1 N–H and O–H groups in total. The van der Waals surface area contributed by atoms with Crippen LogP contribution in [0.25, 0.3) is 0 Å². The molecule has 2 heterocycles. The standard InChI is InChI=1S/C13H17NO5S/c15-13(16)11-5-6-12(19-11)20(17,18)14-8-7-9-3-1-2-4-10(9)14/h5-6,9-10H,1-4,7-8H2,(H,15,16). The van der Waals surface area contributed by atoms with E-state index < -0.39 is 16.0 Å². The van der Waals surface area contributed by atoms with Gasteiger partial charge in [-0.2, -0.15) is 4.31 Å². The molecule has 2 fully saturated rings. The minimum Gasteiger partial charge on any atom is -0.475 e. The number of fused-ring (bicyclic) bond motifs is 1. The highest BCUT2D eigenvalue weighted by Crippen LogP contribution is 2.39. The van der Waals surface area contributed by atoms with Crippen LogP contribution in [0.4, 0.5) is 0 Å². The second kappa shape index (κ2) is 4.89. The summed E-state index contributed by atoms with van der Waals surface area (Å²) in [5.41, 5.74) is 0. The van der Waals surface area contributed by atoms with Gasteiger partial charge in [0.1, 0.15) is 0 Å². The number of furan rings is 1. The van der Waals surface area contributed by atoms with Crippen LogP contribution in [0.1, 0.15) is 42.7 Å². The van der Waals surface area contributed by atoms with Gasteiger partial charge in [-0.15, -0.1) is 0 Å². The molecule has 2 unspecified atom stereocenters. The first-order valence-corrected chi connectivity index (χ1v) is 8.29. The monoisotopic (exact) mass is 299 g/mol. The van der Waals surface area contributed by atoms with Gasteiger partial charge in [0.25, 0.3) is 10.0 Å². The zero-order valence-corrected chi connectivity index (χ0v) is 11.8. The first-order chi connectivity index (χ1) is 9.50. The maximum absolute atomic E-state index is 12.6. The third kappa shape index (κ3) is 2.14. The van der Waals surface area contributed by atoms with Gasteiger partial charge in [0, 0.05) is 12.6 Å². The van der Waals surface area contributed by atoms with E-state index in [-0.39, 0.29) is 16.9 Å². The Morgan fingerprint density at radius 3 is 2.70 bits per heavy atom. The van der Waals surface area contributed by atoms with Gasteiger partial charge < -0.3 is 9.52 Å². The average molecular weight is 299 g/mol. The Labute approximate surface area is 117 Å². The van der Waals surface area contributed by atoms with E-state index >= 15 is 0 Å². The van der Waals surface area contributed by atoms with Crippen molar-refractivity contribution in [2.75, 3.05) is 6.54 Å². The van der Waals surface area contributed by atoms with E-state index in [0.29, 0.717) is 12.5 Å². The van der Waals surface area contributed by atoms with Crippen molar-refractivity contribution in [3.05, 3.63) is 17.9 Å². The Morgan fingerprint density at radius 2 is 2.00 bits per heavy atom. The summed E-state index contributed by atoms with van der Waals surface area (Å²) < 4.78 is 31.6. The van der Waals surface area contributed by atoms with Gasteiger partial charge in [-0.05, 0) is 37.3 Å². The van der Waals surface area contributed by atoms with Crippen LogP contribution in [0.3, 0.4) is 0 Å². The van der Waals surface area contributed by atoms with Crippen molar-refractivity contribution in [2.24, 2.45) is 5.92 Å². The van der Waals surface area contributed by atoms with Crippen LogP contribution >= 0.6 is 0 Å². The van der Waals surface area contributed by atoms with Gasteiger partial charge in [-0.1, -0.05) is 12.8 Å². The molecule has 0 radical (unpaired) electrons. The summed E-state index contributed by atoms with van der Waals surface area (Å²) >= 11 is 0. The largest absolute Gasteiger partial charge is 0.475 e. The molecule has 0 amide bonds. The molecule has 0 aromatic carbocycles. The number of aromatic carboxylic acids is 1. The highest BCUT2D eigenvalue weighted by atomic mass is 32.2. The maximum atomic E-state index is 12.6. The smallest absolute Gasteiger partial charge is 0.371 e. The van der Waals surface area contributed by atoms with Crippen molar-refractivity contribution in [1.82, 2.24) is 4.31 Å². The molecule has 2 atom stereocenters. The average Bonchev–Trinajstić information content (AvgIpc) is 3.06. The highest BCUT2D eigenvalue weighted by Gasteiger charge is 2.43. The molecule has 0 bridgehead atoms. The molecule has 1 aromatic rings. The van der Waals surface area contributed by atoms with Crippen molar-refractivity contribution in [2.45, 2.75) is 43.2 Å². The first kappa shape index (κ1) is 13.6. The zero-order valence-electron chi connectivity index (χ0n) is 11.0. The lowest BCUT2D eigenvalue weighted by Crippen LogP contribution is -2.39. The Bertz CT molecular complexity index is 620. The lowest BCUT2D eigenvalue weighted by molar-refractivity contribution is 0.0656. The van der Waals surface area contributed by atoms with E-state index in [1.807, 2.05) is 0 Å². The molecule has 6 nitrogen and oxygen atoms in total. The van der Waals surface area contributed by atoms with Gasteiger partial charge in [0.05, 0.1) is 0 Å². The van der Waals surface area contributed by atoms with Gasteiger partial charge >= 0.3 is 5.97 Å². The third-order valence-electron chi connectivity index (χ3n) is 4.31. The Hall–Kier alpha value is -1.34. The lowest BCUT2D eigenvalue weighted by atomic mass is 9.86. The number of carbonyl (C=O) groups is 1. The van der Waals surface area contributed by atoms with Crippen LogP contribution in [0, 0.1) is 5.92 Å². The number of carboxylic acid groups (broad SMARTS) is 1. The predicted octanol–water partition coefficient (Wildman–Crippen LogP) is 1.93. The molecule has 7 heteroatoms. The van der Waals surface area contributed by atoms with Crippen molar-refractivity contribution in [3.8, 4) is 0 Å². The van der Waals surface area contributed by atoms with Gasteiger partial charge in [-0.3, -0.25) is 0 Å². The Balaban J connectivity index is 1.89. The van der Waals surface area contributed by atoms with Crippen LogP contribution in [-0.4, -0.2) is 36.4 Å². The van der Waals surface area contributed by atoms with Crippen molar-refractivity contribution >= 4 is 16.0 Å². The number of carboxylic acids is 1. The molecule has 3 rings (SSSR count). The lowest BCUT2D eigenvalue weighted by Gasteiger charge is -2.30. The van der Waals surface area contributed by atoms with Crippen LogP contribution in [0.2, 0.25) is 0 Å².